The molecule has 0 fully saturated rings. The summed E-state index contributed by atoms with van der Waals surface area (Å²) < 4.78 is 26.1. The van der Waals surface area contributed by atoms with Crippen LogP contribution in [0.5, 0.6) is 0 Å². The smallest absolute Gasteiger partial charge is 0.212 e. The molecule has 1 aromatic rings. The zero-order chi connectivity index (χ0) is 12.7. The Kier molecular flexibility index (Phi) is 5.61. The molecular formula is C12H20N2O2S. The van der Waals surface area contributed by atoms with E-state index in [2.05, 4.69) is 4.72 Å². The number of hydrogen-bond donors (Lipinski definition) is 2. The van der Waals surface area contributed by atoms with Crippen LogP contribution in [0, 0.1) is 0 Å². The number of sulfonamides is 1. The van der Waals surface area contributed by atoms with Crippen LogP contribution in [-0.4, -0.2) is 20.7 Å². The standard InChI is InChI=1S/C12H20N2O2S/c1-11(12-7-3-2-4-8-12)14-17(15,16)10-6-5-9-13/h2-4,7-8,11,14H,5-6,9-10,13H2,1H3. The zero-order valence-electron chi connectivity index (χ0n) is 10.1. The number of rotatable bonds is 7. The third-order valence-electron chi connectivity index (χ3n) is 2.52. The number of hydrogen-bond acceptors (Lipinski definition) is 3. The molecule has 0 radical (unpaired) electrons. The van der Waals surface area contributed by atoms with Gasteiger partial charge in [0.2, 0.25) is 10.0 Å². The summed E-state index contributed by atoms with van der Waals surface area (Å²) in [6.45, 7) is 2.37. The molecule has 1 rings (SSSR count). The molecule has 0 saturated heterocycles. The number of benzene rings is 1. The summed E-state index contributed by atoms with van der Waals surface area (Å²) in [5.41, 5.74) is 6.30. The molecule has 1 atom stereocenters. The van der Waals surface area contributed by atoms with Crippen molar-refractivity contribution in [1.82, 2.24) is 4.72 Å². The van der Waals surface area contributed by atoms with Crippen LogP contribution >= 0.6 is 0 Å². The first-order chi connectivity index (χ1) is 8.05. The molecular weight excluding hydrogens is 236 g/mol. The molecule has 0 aliphatic rings. The fraction of sp³-hybridized carbons (Fsp3) is 0.500. The van der Waals surface area contributed by atoms with Crippen LogP contribution in [0.3, 0.4) is 0 Å². The van der Waals surface area contributed by atoms with E-state index in [9.17, 15) is 8.42 Å². The second-order valence-corrected chi connectivity index (χ2v) is 5.94. The summed E-state index contributed by atoms with van der Waals surface area (Å²) in [4.78, 5) is 0. The summed E-state index contributed by atoms with van der Waals surface area (Å²) in [5, 5.41) is 0. The molecule has 17 heavy (non-hydrogen) atoms. The Morgan fingerprint density at radius 3 is 2.47 bits per heavy atom. The van der Waals surface area contributed by atoms with Gasteiger partial charge in [0.25, 0.3) is 0 Å². The van der Waals surface area contributed by atoms with E-state index in [0.29, 0.717) is 13.0 Å². The van der Waals surface area contributed by atoms with Crippen molar-refractivity contribution in [3.8, 4) is 0 Å². The Hall–Kier alpha value is -0.910. The highest BCUT2D eigenvalue weighted by atomic mass is 32.2. The van der Waals surface area contributed by atoms with Gasteiger partial charge < -0.3 is 5.73 Å². The molecule has 0 spiro atoms. The van der Waals surface area contributed by atoms with Gasteiger partial charge in [-0.2, -0.15) is 0 Å². The average molecular weight is 256 g/mol. The average Bonchev–Trinajstić information content (AvgIpc) is 2.30. The Morgan fingerprint density at radius 1 is 1.24 bits per heavy atom. The molecule has 0 aliphatic carbocycles. The largest absolute Gasteiger partial charge is 0.330 e. The SMILES string of the molecule is CC(NS(=O)(=O)CCCCN)c1ccccc1. The molecule has 5 heteroatoms. The highest BCUT2D eigenvalue weighted by Crippen LogP contribution is 2.12. The lowest BCUT2D eigenvalue weighted by molar-refractivity contribution is 0.563. The van der Waals surface area contributed by atoms with Gasteiger partial charge in [0, 0.05) is 6.04 Å². The minimum atomic E-state index is -3.21. The van der Waals surface area contributed by atoms with Crippen molar-refractivity contribution in [2.75, 3.05) is 12.3 Å². The summed E-state index contributed by atoms with van der Waals surface area (Å²) in [5.74, 6) is 0.140. The summed E-state index contributed by atoms with van der Waals surface area (Å²) >= 11 is 0. The van der Waals surface area contributed by atoms with E-state index in [1.165, 1.54) is 0 Å². The van der Waals surface area contributed by atoms with Crippen LogP contribution in [0.15, 0.2) is 30.3 Å². The van der Waals surface area contributed by atoms with Crippen molar-refractivity contribution in [3.63, 3.8) is 0 Å². The molecule has 1 unspecified atom stereocenters. The Labute approximate surface area is 103 Å². The van der Waals surface area contributed by atoms with Gasteiger partial charge in [0.15, 0.2) is 0 Å². The monoisotopic (exact) mass is 256 g/mol. The third kappa shape index (κ3) is 5.30. The van der Waals surface area contributed by atoms with Gasteiger partial charge in [-0.25, -0.2) is 13.1 Å². The topological polar surface area (TPSA) is 72.2 Å². The minimum Gasteiger partial charge on any atom is -0.330 e. The quantitative estimate of drug-likeness (QED) is 0.724. The zero-order valence-corrected chi connectivity index (χ0v) is 10.9. The first kappa shape index (κ1) is 14.2. The third-order valence-corrected chi connectivity index (χ3v) is 4.06. The molecule has 1 aromatic carbocycles. The molecule has 0 aromatic heterocycles. The van der Waals surface area contributed by atoms with E-state index in [1.807, 2.05) is 37.3 Å². The molecule has 0 aliphatic heterocycles. The maximum absolute atomic E-state index is 11.7. The molecule has 3 N–H and O–H groups in total. The van der Waals surface area contributed by atoms with Crippen LogP contribution in [0.2, 0.25) is 0 Å². The molecule has 96 valence electrons. The molecule has 0 bridgehead atoms. The van der Waals surface area contributed by atoms with E-state index in [1.54, 1.807) is 0 Å². The molecule has 4 nitrogen and oxygen atoms in total. The van der Waals surface area contributed by atoms with Crippen LogP contribution in [0.1, 0.15) is 31.4 Å². The summed E-state index contributed by atoms with van der Waals surface area (Å²) in [6, 6.07) is 9.33. The van der Waals surface area contributed by atoms with Crippen LogP contribution < -0.4 is 10.5 Å². The maximum Gasteiger partial charge on any atom is 0.212 e. The predicted molar refractivity (Wildman–Crippen MR) is 70.1 cm³/mol. The Bertz CT molecular complexity index is 417. The van der Waals surface area contributed by atoms with Crippen molar-refractivity contribution in [1.29, 1.82) is 0 Å². The number of nitrogens with two attached hydrogens (primary N) is 1. The molecule has 0 saturated carbocycles. The Morgan fingerprint density at radius 2 is 1.88 bits per heavy atom. The van der Waals surface area contributed by atoms with Gasteiger partial charge in [-0.05, 0) is 31.9 Å². The van der Waals surface area contributed by atoms with Gasteiger partial charge in [0.1, 0.15) is 0 Å². The molecule has 0 heterocycles. The second kappa shape index (κ2) is 6.74. The summed E-state index contributed by atoms with van der Waals surface area (Å²) in [6.07, 6.45) is 1.34. The lowest BCUT2D eigenvalue weighted by Gasteiger charge is -2.14. The van der Waals surface area contributed by atoms with Gasteiger partial charge in [-0.3, -0.25) is 0 Å². The van der Waals surface area contributed by atoms with Crippen molar-refractivity contribution in [2.24, 2.45) is 5.73 Å². The first-order valence-corrected chi connectivity index (χ1v) is 7.45. The van der Waals surface area contributed by atoms with Crippen molar-refractivity contribution in [3.05, 3.63) is 35.9 Å². The number of unbranched alkanes of at least 4 members (excludes halogenated alkanes) is 1. The van der Waals surface area contributed by atoms with Crippen molar-refractivity contribution >= 4 is 10.0 Å². The Balaban J connectivity index is 2.53. The molecule has 0 amide bonds. The van der Waals surface area contributed by atoms with Crippen molar-refractivity contribution < 1.29 is 8.42 Å². The van der Waals surface area contributed by atoms with Gasteiger partial charge in [-0.15, -0.1) is 0 Å². The summed E-state index contributed by atoms with van der Waals surface area (Å²) in [7, 11) is -3.21. The van der Waals surface area contributed by atoms with Crippen LogP contribution in [-0.2, 0) is 10.0 Å². The van der Waals surface area contributed by atoms with Gasteiger partial charge >= 0.3 is 0 Å². The van der Waals surface area contributed by atoms with Crippen LogP contribution in [0.4, 0.5) is 0 Å². The van der Waals surface area contributed by atoms with E-state index in [4.69, 9.17) is 5.73 Å². The minimum absolute atomic E-state index is 0.140. The highest BCUT2D eigenvalue weighted by Gasteiger charge is 2.14. The second-order valence-electron chi connectivity index (χ2n) is 4.06. The maximum atomic E-state index is 11.7. The fourth-order valence-corrected chi connectivity index (χ4v) is 2.95. The highest BCUT2D eigenvalue weighted by molar-refractivity contribution is 7.89. The van der Waals surface area contributed by atoms with E-state index >= 15 is 0 Å². The van der Waals surface area contributed by atoms with E-state index in [0.717, 1.165) is 12.0 Å². The van der Waals surface area contributed by atoms with Crippen LogP contribution in [0.25, 0.3) is 0 Å². The van der Waals surface area contributed by atoms with Gasteiger partial charge in [-0.1, -0.05) is 30.3 Å². The number of nitrogens with one attached hydrogen (secondary N) is 1. The normalized spacial score (nSPS) is 13.5. The lowest BCUT2D eigenvalue weighted by Crippen LogP contribution is -2.29. The fourth-order valence-electron chi connectivity index (χ4n) is 1.57. The van der Waals surface area contributed by atoms with Crippen molar-refractivity contribution in [2.45, 2.75) is 25.8 Å². The first-order valence-electron chi connectivity index (χ1n) is 5.80. The lowest BCUT2D eigenvalue weighted by atomic mass is 10.1. The van der Waals surface area contributed by atoms with E-state index in [-0.39, 0.29) is 11.8 Å². The van der Waals surface area contributed by atoms with Gasteiger partial charge in [0.05, 0.1) is 5.75 Å². The van der Waals surface area contributed by atoms with E-state index < -0.39 is 10.0 Å². The predicted octanol–water partition coefficient (Wildman–Crippen LogP) is 1.41.